The fourth-order valence-electron chi connectivity index (χ4n) is 1.89. The molecule has 1 atom stereocenters. The van der Waals surface area contributed by atoms with Gasteiger partial charge < -0.3 is 0 Å². The van der Waals surface area contributed by atoms with Crippen molar-refractivity contribution < 1.29 is 17.6 Å². The van der Waals surface area contributed by atoms with E-state index in [1.807, 2.05) is 0 Å². The summed E-state index contributed by atoms with van der Waals surface area (Å²) < 4.78 is 53.1. The van der Waals surface area contributed by atoms with E-state index in [1.54, 1.807) is 0 Å². The summed E-state index contributed by atoms with van der Waals surface area (Å²) in [6.07, 6.45) is 0.0676. The molecule has 0 bridgehead atoms. The molecular formula is C15H11ClF4. The monoisotopic (exact) mass is 302 g/mol. The standard InChI is InChI=1S/C15H11ClF4/c1-8-4-14(19)10(7-13(8)18)11(16)5-9-2-3-12(17)15(20)6-9/h2-4,6-7,11H,5H2,1H3. The van der Waals surface area contributed by atoms with Gasteiger partial charge in [-0.25, -0.2) is 17.6 Å². The number of hydrogen-bond acceptors (Lipinski definition) is 0. The van der Waals surface area contributed by atoms with E-state index in [2.05, 4.69) is 0 Å². The van der Waals surface area contributed by atoms with Gasteiger partial charge >= 0.3 is 0 Å². The molecule has 2 aromatic carbocycles. The average molecular weight is 303 g/mol. The number of benzene rings is 2. The first-order valence-corrected chi connectivity index (χ1v) is 6.35. The van der Waals surface area contributed by atoms with Crippen LogP contribution in [0.25, 0.3) is 0 Å². The summed E-state index contributed by atoms with van der Waals surface area (Å²) in [6.45, 7) is 1.45. The lowest BCUT2D eigenvalue weighted by Gasteiger charge is -2.12. The summed E-state index contributed by atoms with van der Waals surface area (Å²) in [6, 6.07) is 5.41. The molecule has 5 heteroatoms. The molecule has 0 radical (unpaired) electrons. The predicted molar refractivity (Wildman–Crippen MR) is 69.8 cm³/mol. The van der Waals surface area contributed by atoms with Crippen molar-refractivity contribution >= 4 is 11.6 Å². The molecule has 0 nitrogen and oxygen atoms in total. The van der Waals surface area contributed by atoms with Gasteiger partial charge in [-0.15, -0.1) is 11.6 Å². The lowest BCUT2D eigenvalue weighted by molar-refractivity contribution is 0.506. The lowest BCUT2D eigenvalue weighted by Crippen LogP contribution is -2.02. The van der Waals surface area contributed by atoms with Gasteiger partial charge in [-0.05, 0) is 48.7 Å². The molecule has 0 aliphatic carbocycles. The highest BCUT2D eigenvalue weighted by atomic mass is 35.5. The van der Waals surface area contributed by atoms with E-state index in [4.69, 9.17) is 11.6 Å². The maximum Gasteiger partial charge on any atom is 0.159 e. The third kappa shape index (κ3) is 3.12. The lowest BCUT2D eigenvalue weighted by atomic mass is 10.0. The molecule has 0 aromatic heterocycles. The van der Waals surface area contributed by atoms with Crippen LogP contribution < -0.4 is 0 Å². The number of aryl methyl sites for hydroxylation is 1. The number of halogens is 5. The van der Waals surface area contributed by atoms with Crippen LogP contribution in [0.3, 0.4) is 0 Å². The molecule has 2 rings (SSSR count). The van der Waals surface area contributed by atoms with E-state index < -0.39 is 28.6 Å². The Hall–Kier alpha value is -1.55. The van der Waals surface area contributed by atoms with Gasteiger partial charge in [0.25, 0.3) is 0 Å². The van der Waals surface area contributed by atoms with Crippen LogP contribution in [0.15, 0.2) is 30.3 Å². The molecule has 0 amide bonds. The summed E-state index contributed by atoms with van der Waals surface area (Å²) in [7, 11) is 0. The maximum atomic E-state index is 13.7. The fourth-order valence-corrected chi connectivity index (χ4v) is 2.23. The maximum absolute atomic E-state index is 13.7. The van der Waals surface area contributed by atoms with Crippen molar-refractivity contribution in [3.63, 3.8) is 0 Å². The normalized spacial score (nSPS) is 12.5. The second-order valence-corrected chi connectivity index (χ2v) is 5.07. The van der Waals surface area contributed by atoms with Crippen LogP contribution in [0.2, 0.25) is 0 Å². The van der Waals surface area contributed by atoms with Gasteiger partial charge in [0.1, 0.15) is 11.6 Å². The fraction of sp³-hybridized carbons (Fsp3) is 0.200. The molecule has 0 saturated heterocycles. The highest BCUT2D eigenvalue weighted by Crippen LogP contribution is 2.29. The van der Waals surface area contributed by atoms with Crippen molar-refractivity contribution in [2.45, 2.75) is 18.7 Å². The molecule has 0 N–H and O–H groups in total. The minimum absolute atomic E-state index is 0.000463. The summed E-state index contributed by atoms with van der Waals surface area (Å²) in [4.78, 5) is 0. The Kier molecular flexibility index (Phi) is 4.33. The third-order valence-corrected chi connectivity index (χ3v) is 3.40. The van der Waals surface area contributed by atoms with E-state index in [0.717, 1.165) is 24.3 Å². The van der Waals surface area contributed by atoms with Gasteiger partial charge in [0.05, 0.1) is 5.38 Å². The van der Waals surface area contributed by atoms with Crippen LogP contribution in [-0.4, -0.2) is 0 Å². The molecular weight excluding hydrogens is 292 g/mol. The molecule has 0 spiro atoms. The van der Waals surface area contributed by atoms with E-state index >= 15 is 0 Å². The van der Waals surface area contributed by atoms with Crippen molar-refractivity contribution in [2.24, 2.45) is 0 Å². The second-order valence-electron chi connectivity index (χ2n) is 4.54. The number of alkyl halides is 1. The quantitative estimate of drug-likeness (QED) is 0.548. The van der Waals surface area contributed by atoms with Crippen LogP contribution in [0, 0.1) is 30.2 Å². The SMILES string of the molecule is Cc1cc(F)c(C(Cl)Cc2ccc(F)c(F)c2)cc1F. The molecule has 0 heterocycles. The number of hydrogen-bond donors (Lipinski definition) is 0. The van der Waals surface area contributed by atoms with Crippen LogP contribution in [-0.2, 0) is 6.42 Å². The summed E-state index contributed by atoms with van der Waals surface area (Å²) >= 11 is 6.04. The van der Waals surface area contributed by atoms with Gasteiger partial charge in [0.15, 0.2) is 11.6 Å². The topological polar surface area (TPSA) is 0 Å². The molecule has 0 fully saturated rings. The highest BCUT2D eigenvalue weighted by molar-refractivity contribution is 6.20. The van der Waals surface area contributed by atoms with Gasteiger partial charge in [-0.2, -0.15) is 0 Å². The minimum Gasteiger partial charge on any atom is -0.207 e. The Labute approximate surface area is 119 Å². The first-order chi connectivity index (χ1) is 9.38. The van der Waals surface area contributed by atoms with Gasteiger partial charge in [0, 0.05) is 5.56 Å². The van der Waals surface area contributed by atoms with Crippen molar-refractivity contribution in [2.75, 3.05) is 0 Å². The Morgan fingerprint density at radius 3 is 2.25 bits per heavy atom. The first-order valence-electron chi connectivity index (χ1n) is 5.92. The Morgan fingerprint density at radius 1 is 0.900 bits per heavy atom. The van der Waals surface area contributed by atoms with Crippen molar-refractivity contribution in [1.82, 2.24) is 0 Å². The van der Waals surface area contributed by atoms with Crippen molar-refractivity contribution in [1.29, 1.82) is 0 Å². The predicted octanol–water partition coefficient (Wildman–Crippen LogP) is 5.07. The van der Waals surface area contributed by atoms with E-state index in [0.29, 0.717) is 5.56 Å². The Bertz CT molecular complexity index is 640. The average Bonchev–Trinajstić information content (AvgIpc) is 2.38. The largest absolute Gasteiger partial charge is 0.207 e. The zero-order valence-corrected chi connectivity index (χ0v) is 11.3. The smallest absolute Gasteiger partial charge is 0.159 e. The molecule has 20 heavy (non-hydrogen) atoms. The number of rotatable bonds is 3. The van der Waals surface area contributed by atoms with Crippen molar-refractivity contribution in [3.05, 3.63) is 70.3 Å². The minimum atomic E-state index is -0.998. The zero-order chi connectivity index (χ0) is 14.9. The summed E-state index contributed by atoms with van der Waals surface area (Å²) in [5.74, 6) is -3.14. The van der Waals surface area contributed by atoms with E-state index in [-0.39, 0.29) is 17.5 Å². The molecule has 106 valence electrons. The summed E-state index contributed by atoms with van der Waals surface area (Å²) in [5.41, 5.74) is 0.590. The second kappa shape index (κ2) is 5.83. The van der Waals surface area contributed by atoms with Gasteiger partial charge in [0.2, 0.25) is 0 Å². The van der Waals surface area contributed by atoms with Gasteiger partial charge in [-0.3, -0.25) is 0 Å². The molecule has 0 aliphatic heterocycles. The molecule has 1 unspecified atom stereocenters. The van der Waals surface area contributed by atoms with Crippen molar-refractivity contribution in [3.8, 4) is 0 Å². The highest BCUT2D eigenvalue weighted by Gasteiger charge is 2.17. The molecule has 2 aromatic rings. The van der Waals surface area contributed by atoms with E-state index in [9.17, 15) is 17.6 Å². The van der Waals surface area contributed by atoms with Gasteiger partial charge in [-0.1, -0.05) is 6.07 Å². The Balaban J connectivity index is 2.25. The molecule has 0 aliphatic rings. The zero-order valence-electron chi connectivity index (χ0n) is 10.6. The Morgan fingerprint density at radius 2 is 1.60 bits per heavy atom. The van der Waals surface area contributed by atoms with Crippen LogP contribution in [0.1, 0.15) is 22.1 Å². The van der Waals surface area contributed by atoms with Crippen LogP contribution in [0.5, 0.6) is 0 Å². The third-order valence-electron chi connectivity index (χ3n) is 3.01. The van der Waals surface area contributed by atoms with E-state index in [1.165, 1.54) is 13.0 Å². The molecule has 0 saturated carbocycles. The first kappa shape index (κ1) is 14.9. The summed E-state index contributed by atoms with van der Waals surface area (Å²) in [5, 5.41) is -0.866. The van der Waals surface area contributed by atoms with Crippen LogP contribution >= 0.6 is 11.6 Å². The van der Waals surface area contributed by atoms with Crippen LogP contribution in [0.4, 0.5) is 17.6 Å².